The van der Waals surface area contributed by atoms with Gasteiger partial charge in [0, 0.05) is 0 Å². The van der Waals surface area contributed by atoms with Gasteiger partial charge in [-0.05, 0) is 191 Å². The molecule has 81 heavy (non-hydrogen) atoms. The van der Waals surface area contributed by atoms with Crippen molar-refractivity contribution >= 4 is 23.9 Å². The van der Waals surface area contributed by atoms with Crippen molar-refractivity contribution in [3.05, 3.63) is 166 Å². The fraction of sp³-hybridized carbons (Fsp3) is 0.528. The van der Waals surface area contributed by atoms with E-state index in [9.17, 15) is 19.2 Å². The van der Waals surface area contributed by atoms with Gasteiger partial charge in [-0.2, -0.15) is 0 Å². The van der Waals surface area contributed by atoms with Gasteiger partial charge < -0.3 is 23.7 Å². The van der Waals surface area contributed by atoms with Crippen LogP contribution in [0.4, 0.5) is 0 Å². The first-order chi connectivity index (χ1) is 39.6. The third kappa shape index (κ3) is 22.6. The van der Waals surface area contributed by atoms with Gasteiger partial charge >= 0.3 is 23.9 Å². The van der Waals surface area contributed by atoms with E-state index in [0.29, 0.717) is 46.4 Å². The van der Waals surface area contributed by atoms with E-state index in [2.05, 4.69) is 52.0 Å². The van der Waals surface area contributed by atoms with Crippen molar-refractivity contribution in [2.45, 2.75) is 219 Å². The molecule has 2 atom stereocenters. The maximum Gasteiger partial charge on any atom is 0.343 e. The second-order valence-corrected chi connectivity index (χ2v) is 23.0. The van der Waals surface area contributed by atoms with Crippen molar-refractivity contribution in [3.8, 4) is 11.5 Å². The van der Waals surface area contributed by atoms with E-state index in [1.807, 2.05) is 61.5 Å². The number of benzene rings is 5. The Balaban J connectivity index is 0.000000281. The Kier molecular flexibility index (Phi) is 28.7. The second kappa shape index (κ2) is 36.3. The molecule has 0 N–H and O–H groups in total. The highest BCUT2D eigenvalue weighted by Gasteiger charge is 2.26. The molecule has 5 aromatic rings. The molecule has 2 aliphatic carbocycles. The van der Waals surface area contributed by atoms with Crippen molar-refractivity contribution in [2.24, 2.45) is 11.8 Å². The molecule has 0 radical (unpaired) electrons. The minimum atomic E-state index is -0.697. The zero-order valence-electron chi connectivity index (χ0n) is 49.9. The van der Waals surface area contributed by atoms with Crippen LogP contribution < -0.4 is 9.47 Å². The Morgan fingerprint density at radius 3 is 1.37 bits per heavy atom. The lowest BCUT2D eigenvalue weighted by Gasteiger charge is -2.29. The van der Waals surface area contributed by atoms with Gasteiger partial charge in [0.05, 0.1) is 35.0 Å². The van der Waals surface area contributed by atoms with Gasteiger partial charge in [0.15, 0.2) is 6.10 Å². The first-order valence-corrected chi connectivity index (χ1v) is 31.5. The van der Waals surface area contributed by atoms with E-state index in [0.717, 1.165) is 55.3 Å². The van der Waals surface area contributed by atoms with Crippen LogP contribution in [0.5, 0.6) is 11.5 Å². The minimum absolute atomic E-state index is 0.0437. The monoisotopic (exact) mass is 1100 g/mol. The van der Waals surface area contributed by atoms with Crippen molar-refractivity contribution in [1.29, 1.82) is 0 Å². The molecule has 1 unspecified atom stereocenters. The fourth-order valence-corrected chi connectivity index (χ4v) is 11.4. The van der Waals surface area contributed by atoms with Gasteiger partial charge in [-0.25, -0.2) is 19.2 Å². The summed E-state index contributed by atoms with van der Waals surface area (Å²) in [4.78, 5) is 51.1. The normalized spacial score (nSPS) is 17.6. The van der Waals surface area contributed by atoms with Crippen LogP contribution in [0.15, 0.2) is 127 Å². The van der Waals surface area contributed by atoms with Gasteiger partial charge in [0.25, 0.3) is 0 Å². The van der Waals surface area contributed by atoms with E-state index in [4.69, 9.17) is 23.7 Å². The van der Waals surface area contributed by atoms with E-state index in [1.165, 1.54) is 140 Å². The summed E-state index contributed by atoms with van der Waals surface area (Å²) in [5.74, 6) is 2.39. The highest BCUT2D eigenvalue weighted by Crippen LogP contribution is 2.39. The van der Waals surface area contributed by atoms with Crippen LogP contribution in [0.25, 0.3) is 0 Å². The molecule has 0 bridgehead atoms. The number of hydrogen-bond donors (Lipinski definition) is 0. The molecule has 9 heteroatoms. The molecule has 7 rings (SSSR count). The van der Waals surface area contributed by atoms with Gasteiger partial charge in [0.1, 0.15) is 18.1 Å². The van der Waals surface area contributed by atoms with Gasteiger partial charge in [0.2, 0.25) is 0 Å². The molecule has 2 aliphatic rings. The average Bonchev–Trinajstić information content (AvgIpc) is 3.53. The fourth-order valence-electron chi connectivity index (χ4n) is 11.4. The zero-order chi connectivity index (χ0) is 57.4. The van der Waals surface area contributed by atoms with Crippen molar-refractivity contribution in [2.75, 3.05) is 13.2 Å². The topological polar surface area (TPSA) is 114 Å². The molecule has 2 saturated carbocycles. The maximum absolute atomic E-state index is 13.3. The molecule has 5 aromatic carbocycles. The number of esters is 4. The Morgan fingerprint density at radius 2 is 0.864 bits per heavy atom. The number of ether oxygens (including phenoxy) is 5. The zero-order valence-corrected chi connectivity index (χ0v) is 49.9. The summed E-state index contributed by atoms with van der Waals surface area (Å²) in [7, 11) is 0. The third-order valence-corrected chi connectivity index (χ3v) is 16.6. The van der Waals surface area contributed by atoms with Gasteiger partial charge in [-0.3, -0.25) is 0 Å². The van der Waals surface area contributed by atoms with Crippen molar-refractivity contribution in [1.82, 2.24) is 0 Å². The maximum atomic E-state index is 13.3. The predicted molar refractivity (Wildman–Crippen MR) is 327 cm³/mol. The van der Waals surface area contributed by atoms with Crippen molar-refractivity contribution < 1.29 is 42.9 Å². The average molecular weight is 1110 g/mol. The van der Waals surface area contributed by atoms with Crippen LogP contribution >= 0.6 is 0 Å². The molecule has 0 saturated heterocycles. The Morgan fingerprint density at radius 1 is 0.432 bits per heavy atom. The lowest BCUT2D eigenvalue weighted by Crippen LogP contribution is -2.19. The summed E-state index contributed by atoms with van der Waals surface area (Å²) in [6.45, 7) is 11.4. The van der Waals surface area contributed by atoms with Gasteiger partial charge in [-0.15, -0.1) is 0 Å². The van der Waals surface area contributed by atoms with Crippen LogP contribution in [0.3, 0.4) is 0 Å². The molecule has 0 amide bonds. The van der Waals surface area contributed by atoms with Crippen LogP contribution in [-0.4, -0.2) is 43.2 Å². The summed E-state index contributed by atoms with van der Waals surface area (Å²) in [5.41, 5.74) is 5.35. The lowest BCUT2D eigenvalue weighted by atomic mass is 9.77. The van der Waals surface area contributed by atoms with E-state index < -0.39 is 24.0 Å². The molecule has 0 spiro atoms. The second-order valence-electron chi connectivity index (χ2n) is 23.0. The summed E-state index contributed by atoms with van der Waals surface area (Å²) in [5, 5.41) is 0. The Labute approximate surface area is 486 Å². The molecular weight excluding hydrogens is 1010 g/mol. The Hall–Kier alpha value is -6.22. The first kappa shape index (κ1) is 64.0. The molecule has 2 fully saturated rings. The molecule has 0 heterocycles. The van der Waals surface area contributed by atoms with E-state index in [-0.39, 0.29) is 18.7 Å². The molecule has 9 nitrogen and oxygen atoms in total. The summed E-state index contributed by atoms with van der Waals surface area (Å²) in [6.07, 6.45) is 30.1. The van der Waals surface area contributed by atoms with E-state index in [1.54, 1.807) is 48.5 Å². The Bertz CT molecular complexity index is 2540. The smallest absolute Gasteiger partial charge is 0.343 e. The quantitative estimate of drug-likeness (QED) is 0.0185. The number of carbonyl (C=O) groups is 4. The van der Waals surface area contributed by atoms with Crippen LogP contribution in [0.2, 0.25) is 0 Å². The highest BCUT2D eigenvalue weighted by atomic mass is 16.6. The lowest BCUT2D eigenvalue weighted by molar-refractivity contribution is -0.00134. The predicted octanol–water partition coefficient (Wildman–Crippen LogP) is 19.5. The number of rotatable bonds is 31. The SMILES string of the molecule is CCCCCC1CCC(c2ccc(C(=O)OC[C@@H](OC(=O)c3ccc(C4CCC(CCCCC)CC4)cc3)c3ccccc3)cc2)CC1.CCCCCCOc1ccc(C(=O)Oc2ccc(C(=O)OC(C)CCCCCC)cc2)cc1. The van der Waals surface area contributed by atoms with Crippen LogP contribution in [0.1, 0.15) is 271 Å². The molecule has 438 valence electrons. The summed E-state index contributed by atoms with van der Waals surface area (Å²) in [6, 6.07) is 38.8. The van der Waals surface area contributed by atoms with Gasteiger partial charge in [-0.1, -0.05) is 172 Å². The summed E-state index contributed by atoms with van der Waals surface area (Å²) >= 11 is 0. The number of unbranched alkanes of at least 4 members (excludes halogenated alkanes) is 10. The molecule has 0 aliphatic heterocycles. The molecule has 0 aromatic heterocycles. The van der Waals surface area contributed by atoms with Crippen LogP contribution in [-0.2, 0) is 14.2 Å². The van der Waals surface area contributed by atoms with E-state index >= 15 is 0 Å². The number of carbonyl (C=O) groups excluding carboxylic acids is 4. The largest absolute Gasteiger partial charge is 0.494 e. The van der Waals surface area contributed by atoms with Crippen LogP contribution in [0, 0.1) is 11.8 Å². The highest BCUT2D eigenvalue weighted by molar-refractivity contribution is 5.92. The third-order valence-electron chi connectivity index (χ3n) is 16.6. The minimum Gasteiger partial charge on any atom is -0.494 e. The van der Waals surface area contributed by atoms with Crippen molar-refractivity contribution in [3.63, 3.8) is 0 Å². The summed E-state index contributed by atoms with van der Waals surface area (Å²) < 4.78 is 28.4. The first-order valence-electron chi connectivity index (χ1n) is 31.5. The molecular formula is C72H96O9. The standard InChI is InChI=1S/C44H58O4.C28H38O5/c1-3-5-8-12-33-16-20-35(21-17-33)37-24-28-40(29-25-37)43(45)47-32-42(39-14-10-7-11-15-39)48-44(46)41-30-26-38(27-31-41)36-22-18-34(19-23-36)13-9-6-4-2;1-4-6-8-10-12-22(3)32-27(29)23-15-19-26(20-16-23)33-28(30)24-13-17-25(18-14-24)31-21-11-9-7-5-2/h7,10-11,14-15,24-31,33-36,42H,3-6,8-9,12-13,16-23,32H2,1-2H3;13-20,22H,4-12,21H2,1-3H3/t33?,34?,35?,36?,42-;/m1./s1. The number of hydrogen-bond acceptors (Lipinski definition) is 9.